The van der Waals surface area contributed by atoms with Gasteiger partial charge in [0.2, 0.25) is 5.91 Å². The predicted octanol–water partition coefficient (Wildman–Crippen LogP) is 3.78. The van der Waals surface area contributed by atoms with E-state index in [-0.39, 0.29) is 17.8 Å². The minimum Gasteiger partial charge on any atom is -0.350 e. The highest BCUT2D eigenvalue weighted by atomic mass is 19.1. The quantitative estimate of drug-likeness (QED) is 0.839. The number of benzene rings is 1. The van der Waals surface area contributed by atoms with Crippen molar-refractivity contribution in [2.24, 2.45) is 17.8 Å². The van der Waals surface area contributed by atoms with Gasteiger partial charge in [-0.25, -0.2) is 4.39 Å². The second kappa shape index (κ2) is 6.00. The molecule has 3 heteroatoms. The Labute approximate surface area is 125 Å². The van der Waals surface area contributed by atoms with Crippen LogP contribution in [0.4, 0.5) is 4.39 Å². The molecule has 0 aromatic heterocycles. The molecule has 1 N–H and O–H groups in total. The Morgan fingerprint density at radius 1 is 1.33 bits per heavy atom. The lowest BCUT2D eigenvalue weighted by Gasteiger charge is -2.28. The largest absolute Gasteiger partial charge is 0.350 e. The van der Waals surface area contributed by atoms with E-state index in [1.807, 2.05) is 0 Å². The molecule has 4 atom stereocenters. The van der Waals surface area contributed by atoms with Crippen molar-refractivity contribution in [3.63, 3.8) is 0 Å². The topological polar surface area (TPSA) is 29.1 Å². The van der Waals surface area contributed by atoms with Gasteiger partial charge in [-0.3, -0.25) is 4.79 Å². The zero-order valence-electron chi connectivity index (χ0n) is 12.4. The van der Waals surface area contributed by atoms with E-state index in [1.165, 1.54) is 43.9 Å². The van der Waals surface area contributed by atoms with Crippen molar-refractivity contribution in [3.05, 3.63) is 41.7 Å². The molecule has 2 bridgehead atoms. The molecule has 112 valence electrons. The van der Waals surface area contributed by atoms with Gasteiger partial charge in [-0.15, -0.1) is 0 Å². The highest BCUT2D eigenvalue weighted by molar-refractivity contribution is 5.91. The van der Waals surface area contributed by atoms with Gasteiger partial charge in [-0.2, -0.15) is 0 Å². The number of rotatable bonds is 4. The molecule has 2 aliphatic rings. The fourth-order valence-corrected chi connectivity index (χ4v) is 4.06. The Morgan fingerprint density at radius 2 is 2.14 bits per heavy atom. The number of amides is 1. The molecule has 2 aliphatic carbocycles. The SMILES string of the molecule is CC(NC(=O)/C=C/c1ccccc1F)C1CC2CCC1C2. The summed E-state index contributed by atoms with van der Waals surface area (Å²) in [4.78, 5) is 12.0. The van der Waals surface area contributed by atoms with Gasteiger partial charge in [0, 0.05) is 17.7 Å². The van der Waals surface area contributed by atoms with Crippen LogP contribution in [0, 0.1) is 23.6 Å². The zero-order valence-corrected chi connectivity index (χ0v) is 12.4. The highest BCUT2D eigenvalue weighted by Crippen LogP contribution is 2.49. The average Bonchev–Trinajstić information content (AvgIpc) is 3.09. The number of nitrogens with one attached hydrogen (secondary N) is 1. The minimum atomic E-state index is -0.303. The molecule has 21 heavy (non-hydrogen) atoms. The van der Waals surface area contributed by atoms with Crippen LogP contribution in [0.5, 0.6) is 0 Å². The van der Waals surface area contributed by atoms with Gasteiger partial charge >= 0.3 is 0 Å². The van der Waals surface area contributed by atoms with Gasteiger partial charge in [0.15, 0.2) is 0 Å². The lowest BCUT2D eigenvalue weighted by atomic mass is 9.84. The van der Waals surface area contributed by atoms with E-state index in [9.17, 15) is 9.18 Å². The van der Waals surface area contributed by atoms with Crippen LogP contribution in [-0.2, 0) is 4.79 Å². The molecule has 4 unspecified atom stereocenters. The third-order valence-corrected chi connectivity index (χ3v) is 5.12. The number of carbonyl (C=O) groups excluding carboxylic acids is 1. The van der Waals surface area contributed by atoms with Crippen molar-refractivity contribution in [2.75, 3.05) is 0 Å². The smallest absolute Gasteiger partial charge is 0.244 e. The summed E-state index contributed by atoms with van der Waals surface area (Å²) in [6.45, 7) is 2.10. The Balaban J connectivity index is 1.55. The molecule has 2 saturated carbocycles. The van der Waals surface area contributed by atoms with Gasteiger partial charge < -0.3 is 5.32 Å². The van der Waals surface area contributed by atoms with E-state index in [0.29, 0.717) is 11.5 Å². The Kier molecular flexibility index (Phi) is 4.09. The summed E-state index contributed by atoms with van der Waals surface area (Å²) in [5.41, 5.74) is 0.445. The lowest BCUT2D eigenvalue weighted by molar-refractivity contribution is -0.117. The highest BCUT2D eigenvalue weighted by Gasteiger charge is 2.41. The molecule has 0 heterocycles. The Morgan fingerprint density at radius 3 is 2.81 bits per heavy atom. The molecule has 1 aromatic rings. The third kappa shape index (κ3) is 3.17. The molecule has 1 aromatic carbocycles. The molecule has 3 rings (SSSR count). The van der Waals surface area contributed by atoms with Gasteiger partial charge in [0.05, 0.1) is 0 Å². The normalized spacial score (nSPS) is 29.0. The molecule has 0 saturated heterocycles. The molecule has 0 aliphatic heterocycles. The van der Waals surface area contributed by atoms with Crippen LogP contribution in [0.25, 0.3) is 6.08 Å². The second-order valence-corrected chi connectivity index (χ2v) is 6.49. The lowest BCUT2D eigenvalue weighted by Crippen LogP contribution is -2.39. The maximum atomic E-state index is 13.5. The predicted molar refractivity (Wildman–Crippen MR) is 82.0 cm³/mol. The Hall–Kier alpha value is -1.64. The maximum Gasteiger partial charge on any atom is 0.244 e. The summed E-state index contributed by atoms with van der Waals surface area (Å²) in [5.74, 6) is 1.86. The van der Waals surface area contributed by atoms with Crippen molar-refractivity contribution in [3.8, 4) is 0 Å². The van der Waals surface area contributed by atoms with E-state index in [2.05, 4.69) is 12.2 Å². The summed E-state index contributed by atoms with van der Waals surface area (Å²) in [6.07, 6.45) is 8.26. The van der Waals surface area contributed by atoms with Crippen molar-refractivity contribution in [2.45, 2.75) is 38.6 Å². The zero-order chi connectivity index (χ0) is 14.8. The van der Waals surface area contributed by atoms with Crippen LogP contribution >= 0.6 is 0 Å². The van der Waals surface area contributed by atoms with E-state index >= 15 is 0 Å². The van der Waals surface area contributed by atoms with Crippen LogP contribution in [0.15, 0.2) is 30.3 Å². The first-order valence-electron chi connectivity index (χ1n) is 7.86. The van der Waals surface area contributed by atoms with Crippen LogP contribution in [0.2, 0.25) is 0 Å². The number of hydrogen-bond acceptors (Lipinski definition) is 1. The number of hydrogen-bond donors (Lipinski definition) is 1. The first-order chi connectivity index (χ1) is 10.1. The molecule has 0 radical (unpaired) electrons. The molecule has 2 fully saturated rings. The van der Waals surface area contributed by atoms with E-state index in [1.54, 1.807) is 18.2 Å². The molecular weight excluding hydrogens is 265 g/mol. The maximum absolute atomic E-state index is 13.5. The number of halogens is 1. The van der Waals surface area contributed by atoms with E-state index in [4.69, 9.17) is 0 Å². The standard InChI is InChI=1S/C18H22FNO/c1-12(16-11-13-6-7-15(16)10-13)20-18(21)9-8-14-4-2-3-5-17(14)19/h2-5,8-9,12-13,15-16H,6-7,10-11H2,1H3,(H,20,21)/b9-8+. The number of carbonyl (C=O) groups is 1. The van der Waals surface area contributed by atoms with Gasteiger partial charge in [0.1, 0.15) is 5.82 Å². The van der Waals surface area contributed by atoms with Gasteiger partial charge in [0.25, 0.3) is 0 Å². The molecule has 1 amide bonds. The van der Waals surface area contributed by atoms with Gasteiger partial charge in [-0.1, -0.05) is 24.6 Å². The van der Waals surface area contributed by atoms with Crippen molar-refractivity contribution in [1.29, 1.82) is 0 Å². The van der Waals surface area contributed by atoms with Crippen LogP contribution in [0.1, 0.15) is 38.2 Å². The fourth-order valence-electron chi connectivity index (χ4n) is 4.06. The van der Waals surface area contributed by atoms with Crippen LogP contribution in [-0.4, -0.2) is 11.9 Å². The van der Waals surface area contributed by atoms with E-state index in [0.717, 1.165) is 11.8 Å². The molecular formula is C18H22FNO. The second-order valence-electron chi connectivity index (χ2n) is 6.49. The minimum absolute atomic E-state index is 0.131. The van der Waals surface area contributed by atoms with Gasteiger partial charge in [-0.05, 0) is 56.1 Å². The molecule has 0 spiro atoms. The van der Waals surface area contributed by atoms with Crippen molar-refractivity contribution >= 4 is 12.0 Å². The summed E-state index contributed by atoms with van der Waals surface area (Å²) in [5, 5.41) is 3.05. The first kappa shape index (κ1) is 14.3. The van der Waals surface area contributed by atoms with Crippen LogP contribution < -0.4 is 5.32 Å². The summed E-state index contributed by atoms with van der Waals surface area (Å²) >= 11 is 0. The molecule has 2 nitrogen and oxygen atoms in total. The average molecular weight is 287 g/mol. The summed E-state index contributed by atoms with van der Waals surface area (Å²) < 4.78 is 13.5. The van der Waals surface area contributed by atoms with E-state index < -0.39 is 0 Å². The third-order valence-electron chi connectivity index (χ3n) is 5.12. The van der Waals surface area contributed by atoms with Crippen molar-refractivity contribution < 1.29 is 9.18 Å². The van der Waals surface area contributed by atoms with Crippen LogP contribution in [0.3, 0.4) is 0 Å². The monoisotopic (exact) mass is 287 g/mol. The van der Waals surface area contributed by atoms with Crippen molar-refractivity contribution in [1.82, 2.24) is 5.32 Å². The first-order valence-corrected chi connectivity index (χ1v) is 7.86. The summed E-state index contributed by atoms with van der Waals surface area (Å²) in [7, 11) is 0. The fraction of sp³-hybridized carbons (Fsp3) is 0.500. The Bertz CT molecular complexity index is 554. The summed E-state index contributed by atoms with van der Waals surface area (Å²) in [6, 6.07) is 6.68. The number of fused-ring (bicyclic) bond motifs is 2.